The zero-order valence-corrected chi connectivity index (χ0v) is 9.87. The third kappa shape index (κ3) is 2.51. The van der Waals surface area contributed by atoms with Gasteiger partial charge in [0.2, 0.25) is 0 Å². The fourth-order valence-corrected chi connectivity index (χ4v) is 2.74. The lowest BCUT2D eigenvalue weighted by Crippen LogP contribution is -2.49. The van der Waals surface area contributed by atoms with Crippen LogP contribution in [-0.4, -0.2) is 23.2 Å². The fraction of sp³-hybridized carbons (Fsp3) is 0.500. The summed E-state index contributed by atoms with van der Waals surface area (Å²) in [6, 6.07) is 3.96. The first-order valence-corrected chi connectivity index (χ1v) is 5.62. The first-order valence-electron chi connectivity index (χ1n) is 4.74. The molecule has 1 fully saturated rings. The Morgan fingerprint density at radius 2 is 2.47 bits per heavy atom. The minimum Gasteiger partial charge on any atom is -0.480 e. The number of hydrogen-bond acceptors (Lipinski definition) is 3. The lowest BCUT2D eigenvalue weighted by molar-refractivity contribution is -0.144. The maximum absolute atomic E-state index is 11.2. The number of carbonyl (C=O) groups is 1. The topological polar surface area (TPSA) is 49.3 Å². The van der Waals surface area contributed by atoms with Crippen LogP contribution >= 0.6 is 23.7 Å². The Morgan fingerprint density at radius 3 is 2.93 bits per heavy atom. The molecule has 0 radical (unpaired) electrons. The van der Waals surface area contributed by atoms with E-state index in [2.05, 4.69) is 5.32 Å². The molecule has 0 aromatic carbocycles. The molecule has 3 nitrogen and oxygen atoms in total. The van der Waals surface area contributed by atoms with Crippen molar-refractivity contribution in [2.24, 2.45) is 0 Å². The number of thiophene rings is 1. The molecule has 0 spiro atoms. The van der Waals surface area contributed by atoms with Gasteiger partial charge in [0, 0.05) is 11.3 Å². The van der Waals surface area contributed by atoms with Crippen molar-refractivity contribution in [3.05, 3.63) is 22.4 Å². The van der Waals surface area contributed by atoms with E-state index in [1.807, 2.05) is 17.5 Å². The summed E-state index contributed by atoms with van der Waals surface area (Å²) < 4.78 is 0. The SMILES string of the molecule is Cl.O=C(O)[C@@]1(Cc2cccs2)CCCN1. The zero-order chi connectivity index (χ0) is 10.0. The fourth-order valence-electron chi connectivity index (χ4n) is 1.93. The molecule has 0 bridgehead atoms. The molecule has 2 N–H and O–H groups in total. The monoisotopic (exact) mass is 247 g/mol. The summed E-state index contributed by atoms with van der Waals surface area (Å²) in [5.41, 5.74) is -0.704. The van der Waals surface area contributed by atoms with Crippen LogP contribution in [-0.2, 0) is 11.2 Å². The van der Waals surface area contributed by atoms with Crippen LogP contribution in [0.2, 0.25) is 0 Å². The standard InChI is InChI=1S/C10H13NO2S.ClH/c12-9(13)10(4-2-5-11-10)7-8-3-1-6-14-8;/h1,3,6,11H,2,4-5,7H2,(H,12,13);1H/t10-;/m0./s1. The summed E-state index contributed by atoms with van der Waals surface area (Å²) >= 11 is 1.62. The Bertz CT molecular complexity index is 320. The van der Waals surface area contributed by atoms with Crippen LogP contribution in [0.3, 0.4) is 0 Å². The largest absolute Gasteiger partial charge is 0.480 e. The summed E-state index contributed by atoms with van der Waals surface area (Å²) in [6.07, 6.45) is 2.30. The molecule has 0 unspecified atom stereocenters. The number of nitrogens with one attached hydrogen (secondary N) is 1. The van der Waals surface area contributed by atoms with Crippen molar-refractivity contribution < 1.29 is 9.90 Å². The van der Waals surface area contributed by atoms with Crippen LogP contribution in [0, 0.1) is 0 Å². The molecule has 0 saturated carbocycles. The van der Waals surface area contributed by atoms with Gasteiger partial charge in [-0.3, -0.25) is 4.79 Å². The number of carboxylic acid groups (broad SMARTS) is 1. The Morgan fingerprint density at radius 1 is 1.67 bits per heavy atom. The molecule has 84 valence electrons. The van der Waals surface area contributed by atoms with E-state index >= 15 is 0 Å². The number of hydrogen-bond donors (Lipinski definition) is 2. The van der Waals surface area contributed by atoms with Gasteiger partial charge in [-0.05, 0) is 30.8 Å². The molecule has 1 aromatic heterocycles. The molecule has 1 aliphatic rings. The van der Waals surface area contributed by atoms with E-state index in [-0.39, 0.29) is 12.4 Å². The first-order chi connectivity index (χ1) is 6.73. The van der Waals surface area contributed by atoms with Crippen molar-refractivity contribution in [2.45, 2.75) is 24.8 Å². The van der Waals surface area contributed by atoms with Crippen molar-refractivity contribution in [2.75, 3.05) is 6.54 Å². The number of rotatable bonds is 3. The van der Waals surface area contributed by atoms with Crippen LogP contribution in [0.4, 0.5) is 0 Å². The van der Waals surface area contributed by atoms with E-state index < -0.39 is 11.5 Å². The molecule has 15 heavy (non-hydrogen) atoms. The van der Waals surface area contributed by atoms with Gasteiger partial charge in [-0.2, -0.15) is 0 Å². The van der Waals surface area contributed by atoms with Crippen molar-refractivity contribution >= 4 is 29.7 Å². The van der Waals surface area contributed by atoms with Gasteiger partial charge in [-0.25, -0.2) is 0 Å². The second-order valence-corrected chi connectivity index (χ2v) is 4.71. The molecule has 0 amide bonds. The van der Waals surface area contributed by atoms with Crippen LogP contribution < -0.4 is 5.32 Å². The Labute approximate surface area is 98.9 Å². The molecule has 2 rings (SSSR count). The lowest BCUT2D eigenvalue weighted by atomic mass is 9.93. The highest BCUT2D eigenvalue weighted by Gasteiger charge is 2.41. The summed E-state index contributed by atoms with van der Waals surface area (Å²) in [5.74, 6) is -0.719. The van der Waals surface area contributed by atoms with Gasteiger partial charge < -0.3 is 10.4 Å². The van der Waals surface area contributed by atoms with Crippen LogP contribution in [0.1, 0.15) is 17.7 Å². The smallest absolute Gasteiger partial charge is 0.324 e. The van der Waals surface area contributed by atoms with Gasteiger partial charge in [-0.1, -0.05) is 6.07 Å². The van der Waals surface area contributed by atoms with Crippen molar-refractivity contribution in [1.82, 2.24) is 5.32 Å². The minimum absolute atomic E-state index is 0. The molecule has 1 atom stereocenters. The highest BCUT2D eigenvalue weighted by molar-refractivity contribution is 7.09. The predicted molar refractivity (Wildman–Crippen MR) is 62.9 cm³/mol. The van der Waals surface area contributed by atoms with Gasteiger partial charge in [0.1, 0.15) is 5.54 Å². The van der Waals surface area contributed by atoms with E-state index in [1.54, 1.807) is 11.3 Å². The third-order valence-corrected chi connectivity index (χ3v) is 3.59. The quantitative estimate of drug-likeness (QED) is 0.858. The van der Waals surface area contributed by atoms with Gasteiger partial charge in [-0.15, -0.1) is 23.7 Å². The summed E-state index contributed by atoms with van der Waals surface area (Å²) in [6.45, 7) is 0.817. The molecule has 2 heterocycles. The molecule has 5 heteroatoms. The zero-order valence-electron chi connectivity index (χ0n) is 8.23. The van der Waals surface area contributed by atoms with Gasteiger partial charge in [0.05, 0.1) is 0 Å². The van der Waals surface area contributed by atoms with Crippen LogP contribution in [0.5, 0.6) is 0 Å². The minimum atomic E-state index is -0.719. The van der Waals surface area contributed by atoms with E-state index in [9.17, 15) is 9.90 Å². The maximum atomic E-state index is 11.2. The van der Waals surface area contributed by atoms with Crippen LogP contribution in [0.25, 0.3) is 0 Å². The van der Waals surface area contributed by atoms with E-state index in [4.69, 9.17) is 0 Å². The van der Waals surface area contributed by atoms with E-state index in [0.29, 0.717) is 6.42 Å². The Hall–Kier alpha value is -0.580. The normalized spacial score (nSPS) is 24.8. The number of halogens is 1. The van der Waals surface area contributed by atoms with Crippen molar-refractivity contribution in [1.29, 1.82) is 0 Å². The second-order valence-electron chi connectivity index (χ2n) is 3.67. The molecular weight excluding hydrogens is 234 g/mol. The third-order valence-electron chi connectivity index (χ3n) is 2.71. The molecule has 1 aromatic rings. The summed E-state index contributed by atoms with van der Waals surface area (Å²) in [7, 11) is 0. The van der Waals surface area contributed by atoms with E-state index in [1.165, 1.54) is 0 Å². The average molecular weight is 248 g/mol. The number of aliphatic carboxylic acids is 1. The molecule has 0 aliphatic carbocycles. The summed E-state index contributed by atoms with van der Waals surface area (Å²) in [4.78, 5) is 12.3. The van der Waals surface area contributed by atoms with E-state index in [0.717, 1.165) is 24.3 Å². The summed E-state index contributed by atoms with van der Waals surface area (Å²) in [5, 5.41) is 14.3. The van der Waals surface area contributed by atoms with Crippen molar-refractivity contribution in [3.8, 4) is 0 Å². The average Bonchev–Trinajstić information content (AvgIpc) is 2.76. The van der Waals surface area contributed by atoms with Gasteiger partial charge in [0.15, 0.2) is 0 Å². The Balaban J connectivity index is 0.00000112. The Kier molecular flexibility index (Phi) is 4.13. The second kappa shape index (κ2) is 4.96. The molecular formula is C10H14ClNO2S. The van der Waals surface area contributed by atoms with Gasteiger partial charge in [0.25, 0.3) is 0 Å². The number of carboxylic acids is 1. The maximum Gasteiger partial charge on any atom is 0.324 e. The highest BCUT2D eigenvalue weighted by Crippen LogP contribution is 2.26. The lowest BCUT2D eigenvalue weighted by Gasteiger charge is -2.23. The first kappa shape index (κ1) is 12.5. The predicted octanol–water partition coefficient (Wildman–Crippen LogP) is 1.92. The van der Waals surface area contributed by atoms with Gasteiger partial charge >= 0.3 is 5.97 Å². The van der Waals surface area contributed by atoms with Crippen molar-refractivity contribution in [3.63, 3.8) is 0 Å². The van der Waals surface area contributed by atoms with Crippen LogP contribution in [0.15, 0.2) is 17.5 Å². The molecule has 1 saturated heterocycles. The highest BCUT2D eigenvalue weighted by atomic mass is 35.5. The molecule has 1 aliphatic heterocycles.